The highest BCUT2D eigenvalue weighted by Gasteiger charge is 2.30. The molecule has 0 saturated heterocycles. The molecule has 1 aliphatic rings. The minimum Gasteiger partial charge on any atom is -0.493 e. The van der Waals surface area contributed by atoms with E-state index in [1.165, 1.54) is 0 Å². The molecule has 2 aromatic carbocycles. The van der Waals surface area contributed by atoms with Crippen molar-refractivity contribution in [3.63, 3.8) is 0 Å². The highest BCUT2D eigenvalue weighted by molar-refractivity contribution is 5.92. The number of urea groups is 1. The number of aromatic nitrogens is 4. The maximum atomic E-state index is 12.8. The first-order valence-corrected chi connectivity index (χ1v) is 12.0. The fourth-order valence-corrected chi connectivity index (χ4v) is 4.79. The smallest absolute Gasteiger partial charge is 0.319 e. The van der Waals surface area contributed by atoms with E-state index >= 15 is 0 Å². The maximum absolute atomic E-state index is 12.8. The second-order valence-electron chi connectivity index (χ2n) is 10.1. The maximum Gasteiger partial charge on any atom is 0.319 e. The number of anilines is 1. The van der Waals surface area contributed by atoms with Crippen LogP contribution in [0.5, 0.6) is 11.5 Å². The Balaban J connectivity index is 1.51. The zero-order chi connectivity index (χ0) is 25.0. The molecule has 1 aliphatic carbocycles. The predicted molar refractivity (Wildman–Crippen MR) is 136 cm³/mol. The van der Waals surface area contributed by atoms with Gasteiger partial charge in [-0.3, -0.25) is 0 Å². The minimum atomic E-state index is -0.206. The van der Waals surface area contributed by atoms with Gasteiger partial charge in [-0.2, -0.15) is 5.21 Å². The molecule has 0 spiro atoms. The quantitative estimate of drug-likeness (QED) is 0.444. The van der Waals surface area contributed by atoms with Crippen molar-refractivity contribution in [1.82, 2.24) is 25.9 Å². The highest BCUT2D eigenvalue weighted by Crippen LogP contribution is 2.39. The fraction of sp³-hybridized carbons (Fsp3) is 0.462. The molecule has 1 heterocycles. The molecule has 1 aromatic heterocycles. The summed E-state index contributed by atoms with van der Waals surface area (Å²) in [5.41, 5.74) is 3.46. The van der Waals surface area contributed by atoms with Gasteiger partial charge in [-0.1, -0.05) is 32.9 Å². The van der Waals surface area contributed by atoms with E-state index in [0.717, 1.165) is 42.4 Å². The van der Waals surface area contributed by atoms with E-state index in [0.29, 0.717) is 34.3 Å². The number of hydrogen-bond acceptors (Lipinski definition) is 6. The summed E-state index contributed by atoms with van der Waals surface area (Å²) in [5, 5.41) is 20.6. The van der Waals surface area contributed by atoms with Gasteiger partial charge in [-0.05, 0) is 77.6 Å². The van der Waals surface area contributed by atoms with E-state index in [4.69, 9.17) is 9.47 Å². The third-order valence-electron chi connectivity index (χ3n) is 6.85. The van der Waals surface area contributed by atoms with Crippen LogP contribution < -0.4 is 20.1 Å². The fourth-order valence-electron chi connectivity index (χ4n) is 4.79. The third kappa shape index (κ3) is 5.72. The standard InChI is InChI=1S/C26H34N6O3/c1-26(2,3)17-7-9-18(10-8-17)27-25(33)28-19-11-12-20(21(15-19)24-29-31-32-30-24)16-6-13-22(34-4)23(14-16)35-5/h6,11-15,17-18H,7-10H2,1-5H3,(H2,27,28,33)(H,29,30,31,32). The predicted octanol–water partition coefficient (Wildman–Crippen LogP) is 5.28. The largest absolute Gasteiger partial charge is 0.493 e. The number of nitrogens with zero attached hydrogens (tertiary/aromatic N) is 3. The number of aromatic amines is 1. The molecule has 9 nitrogen and oxygen atoms in total. The number of rotatable bonds is 6. The molecule has 3 N–H and O–H groups in total. The van der Waals surface area contributed by atoms with Gasteiger partial charge in [0.05, 0.1) is 14.2 Å². The van der Waals surface area contributed by atoms with Crippen molar-refractivity contribution < 1.29 is 14.3 Å². The summed E-state index contributed by atoms with van der Waals surface area (Å²) in [4.78, 5) is 12.8. The Morgan fingerprint density at radius 3 is 2.34 bits per heavy atom. The molecule has 1 fully saturated rings. The number of nitrogens with one attached hydrogen (secondary N) is 3. The van der Waals surface area contributed by atoms with Crippen LogP contribution in [0.4, 0.5) is 10.5 Å². The molecular weight excluding hydrogens is 444 g/mol. The zero-order valence-corrected chi connectivity index (χ0v) is 21.0. The Bertz CT molecular complexity index is 1150. The van der Waals surface area contributed by atoms with Crippen molar-refractivity contribution in [2.24, 2.45) is 11.3 Å². The molecule has 2 amide bonds. The van der Waals surface area contributed by atoms with E-state index in [1.807, 2.05) is 36.4 Å². The van der Waals surface area contributed by atoms with Gasteiger partial charge in [0.15, 0.2) is 11.5 Å². The summed E-state index contributed by atoms with van der Waals surface area (Å²) in [5.74, 6) is 2.39. The number of carbonyl (C=O) groups excluding carboxylic acids is 1. The average Bonchev–Trinajstić information content (AvgIpc) is 3.38. The molecule has 9 heteroatoms. The Morgan fingerprint density at radius 2 is 1.71 bits per heavy atom. The Morgan fingerprint density at radius 1 is 0.971 bits per heavy atom. The van der Waals surface area contributed by atoms with Crippen molar-refractivity contribution in [3.05, 3.63) is 36.4 Å². The lowest BCUT2D eigenvalue weighted by molar-refractivity contribution is 0.161. The number of carbonyl (C=O) groups is 1. The Kier molecular flexibility index (Phi) is 7.23. The second kappa shape index (κ2) is 10.3. The lowest BCUT2D eigenvalue weighted by Gasteiger charge is -2.37. The molecule has 0 bridgehead atoms. The van der Waals surface area contributed by atoms with E-state index in [1.54, 1.807) is 14.2 Å². The van der Waals surface area contributed by atoms with E-state index < -0.39 is 0 Å². The molecule has 0 aliphatic heterocycles. The second-order valence-corrected chi connectivity index (χ2v) is 10.1. The lowest BCUT2D eigenvalue weighted by atomic mass is 9.71. The monoisotopic (exact) mass is 478 g/mol. The first kappa shape index (κ1) is 24.5. The number of ether oxygens (including phenoxy) is 2. The van der Waals surface area contributed by atoms with Crippen molar-refractivity contribution in [1.29, 1.82) is 0 Å². The van der Waals surface area contributed by atoms with Gasteiger partial charge in [0.2, 0.25) is 5.82 Å². The van der Waals surface area contributed by atoms with Crippen molar-refractivity contribution in [2.75, 3.05) is 19.5 Å². The van der Waals surface area contributed by atoms with E-state index in [9.17, 15) is 4.79 Å². The number of benzene rings is 2. The summed E-state index contributed by atoms with van der Waals surface area (Å²) >= 11 is 0. The van der Waals surface area contributed by atoms with Gasteiger partial charge in [0.1, 0.15) is 0 Å². The SMILES string of the molecule is COc1ccc(-c2ccc(NC(=O)NC3CCC(C(C)(C)C)CC3)cc2-c2nn[nH]n2)cc1OC. The number of methoxy groups -OCH3 is 2. The molecule has 0 radical (unpaired) electrons. The molecule has 1 saturated carbocycles. The molecule has 0 unspecified atom stereocenters. The highest BCUT2D eigenvalue weighted by atomic mass is 16.5. The number of hydrogen-bond donors (Lipinski definition) is 3. The van der Waals surface area contributed by atoms with Gasteiger partial charge in [0.25, 0.3) is 0 Å². The van der Waals surface area contributed by atoms with Crippen LogP contribution in [0.3, 0.4) is 0 Å². The zero-order valence-electron chi connectivity index (χ0n) is 21.0. The Labute approximate surface area is 206 Å². The summed E-state index contributed by atoms with van der Waals surface area (Å²) < 4.78 is 10.8. The third-order valence-corrected chi connectivity index (χ3v) is 6.85. The van der Waals surface area contributed by atoms with Gasteiger partial charge in [0, 0.05) is 17.3 Å². The van der Waals surface area contributed by atoms with Crippen LogP contribution >= 0.6 is 0 Å². The van der Waals surface area contributed by atoms with Crippen molar-refractivity contribution in [2.45, 2.75) is 52.5 Å². The number of tetrazole rings is 1. The molecule has 35 heavy (non-hydrogen) atoms. The van der Waals surface area contributed by atoms with Crippen LogP contribution in [-0.4, -0.2) is 46.9 Å². The summed E-state index contributed by atoms with van der Waals surface area (Å²) in [6.45, 7) is 6.89. The van der Waals surface area contributed by atoms with Crippen LogP contribution in [0, 0.1) is 11.3 Å². The van der Waals surface area contributed by atoms with Crippen molar-refractivity contribution in [3.8, 4) is 34.0 Å². The molecule has 3 aromatic rings. The van der Waals surface area contributed by atoms with E-state index in [2.05, 4.69) is 52.0 Å². The average molecular weight is 479 g/mol. The van der Waals surface area contributed by atoms with Crippen LogP contribution in [-0.2, 0) is 0 Å². The van der Waals surface area contributed by atoms with Crippen molar-refractivity contribution >= 4 is 11.7 Å². The topological polar surface area (TPSA) is 114 Å². The molecule has 186 valence electrons. The first-order chi connectivity index (χ1) is 16.8. The Hall–Kier alpha value is -3.62. The molecule has 0 atom stereocenters. The summed E-state index contributed by atoms with van der Waals surface area (Å²) in [7, 11) is 3.20. The lowest BCUT2D eigenvalue weighted by Crippen LogP contribution is -2.41. The summed E-state index contributed by atoms with van der Waals surface area (Å²) in [6.07, 6.45) is 4.27. The van der Waals surface area contributed by atoms with Crippen LogP contribution in [0.15, 0.2) is 36.4 Å². The van der Waals surface area contributed by atoms with E-state index in [-0.39, 0.29) is 12.1 Å². The number of H-pyrrole nitrogens is 1. The first-order valence-electron chi connectivity index (χ1n) is 12.0. The number of amides is 2. The van der Waals surface area contributed by atoms with Crippen LogP contribution in [0.25, 0.3) is 22.5 Å². The minimum absolute atomic E-state index is 0.191. The van der Waals surface area contributed by atoms with Gasteiger partial charge >= 0.3 is 6.03 Å². The molecule has 4 rings (SSSR count). The molecular formula is C26H34N6O3. The van der Waals surface area contributed by atoms with Crippen LogP contribution in [0.1, 0.15) is 46.5 Å². The van der Waals surface area contributed by atoms with Gasteiger partial charge < -0.3 is 20.1 Å². The van der Waals surface area contributed by atoms with Gasteiger partial charge in [-0.15, -0.1) is 10.2 Å². The summed E-state index contributed by atoms with van der Waals surface area (Å²) in [6, 6.07) is 11.3. The van der Waals surface area contributed by atoms with Crippen LogP contribution in [0.2, 0.25) is 0 Å². The normalized spacial score (nSPS) is 18.1. The van der Waals surface area contributed by atoms with Gasteiger partial charge in [-0.25, -0.2) is 4.79 Å².